The van der Waals surface area contributed by atoms with Gasteiger partial charge in [0.2, 0.25) is 0 Å². The third-order valence-electron chi connectivity index (χ3n) is 3.05. The maximum atomic E-state index is 11.1. The molecule has 88 valence electrons. The number of carboxylic acid groups (broad SMARTS) is 1. The summed E-state index contributed by atoms with van der Waals surface area (Å²) in [7, 11) is 0. The molecule has 0 aromatic rings. The van der Waals surface area contributed by atoms with Crippen molar-refractivity contribution in [3.63, 3.8) is 0 Å². The van der Waals surface area contributed by atoms with Crippen molar-refractivity contribution in [2.24, 2.45) is 16.7 Å². The summed E-state index contributed by atoms with van der Waals surface area (Å²) in [5, 5.41) is 9.12. The first-order valence-electron chi connectivity index (χ1n) is 5.59. The van der Waals surface area contributed by atoms with E-state index in [1.54, 1.807) is 13.8 Å². The van der Waals surface area contributed by atoms with Crippen molar-refractivity contribution in [1.29, 1.82) is 0 Å². The van der Waals surface area contributed by atoms with Gasteiger partial charge in [0.15, 0.2) is 0 Å². The zero-order valence-electron chi connectivity index (χ0n) is 10.2. The summed E-state index contributed by atoms with van der Waals surface area (Å²) in [6, 6.07) is 0. The maximum Gasteiger partial charge on any atom is 0.309 e. The Labute approximate surface area is 91.8 Å². The highest BCUT2D eigenvalue weighted by Crippen LogP contribution is 2.44. The van der Waals surface area contributed by atoms with Gasteiger partial charge in [-0.3, -0.25) is 4.79 Å². The number of hydrogen-bond acceptors (Lipinski definition) is 2. The van der Waals surface area contributed by atoms with E-state index in [-0.39, 0.29) is 5.41 Å². The van der Waals surface area contributed by atoms with Crippen molar-refractivity contribution in [1.82, 2.24) is 0 Å². The first-order valence-corrected chi connectivity index (χ1v) is 5.59. The number of carbonyl (C=O) groups is 1. The monoisotopic (exact) mass is 214 g/mol. The van der Waals surface area contributed by atoms with E-state index in [9.17, 15) is 4.79 Å². The molecular formula is C12H22O3. The molecule has 3 heteroatoms. The van der Waals surface area contributed by atoms with Gasteiger partial charge < -0.3 is 9.84 Å². The minimum Gasteiger partial charge on any atom is -0.481 e. The molecular weight excluding hydrogens is 192 g/mol. The molecule has 1 aliphatic heterocycles. The van der Waals surface area contributed by atoms with E-state index >= 15 is 0 Å². The number of ether oxygens (including phenoxy) is 1. The van der Waals surface area contributed by atoms with Crippen molar-refractivity contribution >= 4 is 5.97 Å². The smallest absolute Gasteiger partial charge is 0.309 e. The average molecular weight is 214 g/mol. The molecule has 0 amide bonds. The van der Waals surface area contributed by atoms with Gasteiger partial charge in [-0.15, -0.1) is 0 Å². The van der Waals surface area contributed by atoms with Gasteiger partial charge in [0.25, 0.3) is 0 Å². The van der Waals surface area contributed by atoms with Gasteiger partial charge in [-0.2, -0.15) is 0 Å². The van der Waals surface area contributed by atoms with Crippen LogP contribution in [0.3, 0.4) is 0 Å². The largest absolute Gasteiger partial charge is 0.481 e. The minimum atomic E-state index is -0.711. The zero-order chi connectivity index (χ0) is 11.7. The molecule has 1 saturated heterocycles. The molecule has 0 atom stereocenters. The lowest BCUT2D eigenvalue weighted by atomic mass is 9.68. The molecule has 0 spiro atoms. The first kappa shape index (κ1) is 12.5. The normalized spacial score (nSPS) is 20.1. The highest BCUT2D eigenvalue weighted by atomic mass is 16.5. The Bertz CT molecular complexity index is 239. The van der Waals surface area contributed by atoms with Crippen LogP contribution in [-0.4, -0.2) is 24.3 Å². The molecule has 3 nitrogen and oxygen atoms in total. The van der Waals surface area contributed by atoms with Gasteiger partial charge in [0.1, 0.15) is 0 Å². The zero-order valence-corrected chi connectivity index (χ0v) is 10.2. The number of rotatable bonds is 5. The van der Waals surface area contributed by atoms with Crippen LogP contribution in [0.5, 0.6) is 0 Å². The summed E-state index contributed by atoms with van der Waals surface area (Å²) in [6.07, 6.45) is 1.78. The lowest BCUT2D eigenvalue weighted by Crippen LogP contribution is -2.47. The Balaban J connectivity index is 2.64. The standard InChI is InChI=1S/C12H22O3/c1-9(2)5-12(7-15-8-12)6-11(3,4)10(13)14/h9H,5-8H2,1-4H3,(H,13,14). The van der Waals surface area contributed by atoms with E-state index in [1.807, 2.05) is 0 Å². The van der Waals surface area contributed by atoms with E-state index in [2.05, 4.69) is 13.8 Å². The first-order chi connectivity index (χ1) is 6.77. The SMILES string of the molecule is CC(C)CC1(CC(C)(C)C(=O)O)COC1. The van der Waals surface area contributed by atoms with E-state index in [0.717, 1.165) is 19.6 Å². The Kier molecular flexibility index (Phi) is 3.44. The summed E-state index contributed by atoms with van der Waals surface area (Å²) >= 11 is 0. The van der Waals surface area contributed by atoms with E-state index < -0.39 is 11.4 Å². The van der Waals surface area contributed by atoms with E-state index in [0.29, 0.717) is 12.3 Å². The van der Waals surface area contributed by atoms with E-state index in [1.165, 1.54) is 0 Å². The molecule has 1 heterocycles. The van der Waals surface area contributed by atoms with Crippen LogP contribution < -0.4 is 0 Å². The molecule has 0 saturated carbocycles. The van der Waals surface area contributed by atoms with Gasteiger partial charge in [-0.25, -0.2) is 0 Å². The second kappa shape index (κ2) is 4.12. The Morgan fingerprint density at radius 2 is 2.00 bits per heavy atom. The summed E-state index contributed by atoms with van der Waals surface area (Å²) in [4.78, 5) is 11.1. The van der Waals surface area contributed by atoms with Gasteiger partial charge in [-0.05, 0) is 32.6 Å². The molecule has 15 heavy (non-hydrogen) atoms. The van der Waals surface area contributed by atoms with Crippen LogP contribution >= 0.6 is 0 Å². The maximum absolute atomic E-state index is 11.1. The van der Waals surface area contributed by atoms with Crippen LogP contribution in [0.2, 0.25) is 0 Å². The number of aliphatic carboxylic acids is 1. The van der Waals surface area contributed by atoms with Crippen LogP contribution in [0.15, 0.2) is 0 Å². The molecule has 0 bridgehead atoms. The second-order valence-corrected chi connectivity index (χ2v) is 5.96. The quantitative estimate of drug-likeness (QED) is 0.765. The lowest BCUT2D eigenvalue weighted by molar-refractivity contribution is -0.165. The molecule has 1 fully saturated rings. The summed E-state index contributed by atoms with van der Waals surface area (Å²) in [6.45, 7) is 9.40. The topological polar surface area (TPSA) is 46.5 Å². The summed E-state index contributed by atoms with van der Waals surface area (Å²) < 4.78 is 5.27. The van der Waals surface area contributed by atoms with Crippen LogP contribution in [-0.2, 0) is 9.53 Å². The summed E-state index contributed by atoms with van der Waals surface area (Å²) in [5.41, 5.74) is -0.533. The Morgan fingerprint density at radius 1 is 1.47 bits per heavy atom. The van der Waals surface area contributed by atoms with Crippen LogP contribution in [0, 0.1) is 16.7 Å². The van der Waals surface area contributed by atoms with Gasteiger partial charge >= 0.3 is 5.97 Å². The van der Waals surface area contributed by atoms with Gasteiger partial charge in [-0.1, -0.05) is 13.8 Å². The molecule has 0 unspecified atom stereocenters. The highest BCUT2D eigenvalue weighted by Gasteiger charge is 2.45. The van der Waals surface area contributed by atoms with Crippen molar-refractivity contribution in [2.75, 3.05) is 13.2 Å². The third-order valence-corrected chi connectivity index (χ3v) is 3.05. The van der Waals surface area contributed by atoms with Gasteiger partial charge in [0.05, 0.1) is 18.6 Å². The lowest BCUT2D eigenvalue weighted by Gasteiger charge is -2.46. The van der Waals surface area contributed by atoms with Crippen molar-refractivity contribution < 1.29 is 14.6 Å². The van der Waals surface area contributed by atoms with Crippen LogP contribution in [0.1, 0.15) is 40.5 Å². The number of carboxylic acids is 1. The number of hydrogen-bond donors (Lipinski definition) is 1. The van der Waals surface area contributed by atoms with Gasteiger partial charge in [0, 0.05) is 5.41 Å². The van der Waals surface area contributed by atoms with Crippen molar-refractivity contribution in [3.8, 4) is 0 Å². The second-order valence-electron chi connectivity index (χ2n) is 5.96. The molecule has 1 rings (SSSR count). The Morgan fingerprint density at radius 3 is 2.27 bits per heavy atom. The fraction of sp³-hybridized carbons (Fsp3) is 0.917. The fourth-order valence-corrected chi connectivity index (χ4v) is 2.56. The molecule has 0 aliphatic carbocycles. The average Bonchev–Trinajstić information content (AvgIpc) is 1.98. The molecule has 0 aromatic carbocycles. The highest BCUT2D eigenvalue weighted by molar-refractivity contribution is 5.73. The summed E-state index contributed by atoms with van der Waals surface area (Å²) in [5.74, 6) is -0.115. The molecule has 0 radical (unpaired) electrons. The molecule has 0 aromatic heterocycles. The minimum absolute atomic E-state index is 0.107. The predicted molar refractivity (Wildman–Crippen MR) is 58.7 cm³/mol. The third kappa shape index (κ3) is 2.94. The molecule has 1 N–H and O–H groups in total. The predicted octanol–water partition coefficient (Wildman–Crippen LogP) is 2.55. The van der Waals surface area contributed by atoms with Crippen LogP contribution in [0.4, 0.5) is 0 Å². The molecule has 1 aliphatic rings. The van der Waals surface area contributed by atoms with Crippen LogP contribution in [0.25, 0.3) is 0 Å². The van der Waals surface area contributed by atoms with Crippen molar-refractivity contribution in [2.45, 2.75) is 40.5 Å². The fourth-order valence-electron chi connectivity index (χ4n) is 2.56. The Hall–Kier alpha value is -0.570. The van der Waals surface area contributed by atoms with Crippen molar-refractivity contribution in [3.05, 3.63) is 0 Å². The van der Waals surface area contributed by atoms with E-state index in [4.69, 9.17) is 9.84 Å².